The van der Waals surface area contributed by atoms with Crippen LogP contribution in [0.5, 0.6) is 11.5 Å². The van der Waals surface area contributed by atoms with Gasteiger partial charge in [-0.1, -0.05) is 30.3 Å². The predicted octanol–water partition coefficient (Wildman–Crippen LogP) is 7.09. The number of hydrogen-bond donors (Lipinski definition) is 0. The second kappa shape index (κ2) is 12.6. The Bertz CT molecular complexity index is 963. The molecule has 0 saturated heterocycles. The lowest BCUT2D eigenvalue weighted by Crippen LogP contribution is -2.49. The van der Waals surface area contributed by atoms with Crippen LogP contribution in [0.4, 0.5) is 48.3 Å². The third-order valence-electron chi connectivity index (χ3n) is 4.79. The summed E-state index contributed by atoms with van der Waals surface area (Å²) in [7, 11) is 0. The van der Waals surface area contributed by atoms with E-state index in [2.05, 4.69) is 9.47 Å². The molecule has 1 unspecified atom stereocenters. The molecule has 15 heteroatoms. The molecular weight excluding hydrogens is 535 g/mol. The topological polar surface area (TPSA) is 30.9 Å². The van der Waals surface area contributed by atoms with Crippen LogP contribution >= 0.6 is 0 Å². The molecule has 0 saturated carbocycles. The normalized spacial score (nSPS) is 13.8. The average Bonchev–Trinajstić information content (AvgIpc) is 2.73. The molecule has 0 N–H and O–H groups in total. The summed E-state index contributed by atoms with van der Waals surface area (Å²) in [5.74, 6) is -0.357. The number of halogens is 11. The SMILES string of the molecule is FC(F)OC(CCN(C(F)(F)F)C(F)(F)F)COc1ccccc1CCc1cccc(OC(F)(F)F)c1. The second-order valence-electron chi connectivity index (χ2n) is 7.51. The molecule has 37 heavy (non-hydrogen) atoms. The molecule has 2 aromatic rings. The Morgan fingerprint density at radius 2 is 1.43 bits per heavy atom. The van der Waals surface area contributed by atoms with Crippen molar-refractivity contribution in [3.63, 3.8) is 0 Å². The Hall–Kier alpha value is -2.81. The number of para-hydroxylation sites is 1. The monoisotopic (exact) mass is 555 g/mol. The highest BCUT2D eigenvalue weighted by Gasteiger charge is 2.53. The second-order valence-corrected chi connectivity index (χ2v) is 7.51. The van der Waals surface area contributed by atoms with Gasteiger partial charge in [0.25, 0.3) is 0 Å². The first-order chi connectivity index (χ1) is 17.0. The quantitative estimate of drug-likeness (QED) is 0.207. The maximum atomic E-state index is 12.7. The lowest BCUT2D eigenvalue weighted by Gasteiger charge is -2.28. The number of alkyl halides is 11. The van der Waals surface area contributed by atoms with Crippen LogP contribution in [0, 0.1) is 0 Å². The van der Waals surface area contributed by atoms with Gasteiger partial charge in [-0.3, -0.25) is 0 Å². The molecular formula is C22H20F11NO3. The van der Waals surface area contributed by atoms with Gasteiger partial charge >= 0.3 is 25.6 Å². The van der Waals surface area contributed by atoms with Crippen LogP contribution in [0.1, 0.15) is 17.5 Å². The molecule has 2 rings (SSSR count). The number of benzene rings is 2. The standard InChI is InChI=1S/C22H20F11NO3/c23-19(24)36-17(10-11-34(20(25,26)27)21(28,29)30)13-35-18-7-2-1-5-15(18)9-8-14-4-3-6-16(12-14)37-22(31,32)33/h1-7,12,17,19H,8-11,13H2. The molecule has 0 aliphatic heterocycles. The first-order valence-electron chi connectivity index (χ1n) is 10.4. The zero-order chi connectivity index (χ0) is 27.9. The molecule has 0 heterocycles. The Morgan fingerprint density at radius 3 is 2.03 bits per heavy atom. The van der Waals surface area contributed by atoms with E-state index in [0.29, 0.717) is 11.1 Å². The highest BCUT2D eigenvalue weighted by atomic mass is 19.4. The minimum Gasteiger partial charge on any atom is -0.491 e. The van der Waals surface area contributed by atoms with Gasteiger partial charge in [-0.05, 0) is 48.6 Å². The van der Waals surface area contributed by atoms with Gasteiger partial charge in [0.1, 0.15) is 18.1 Å². The third-order valence-corrected chi connectivity index (χ3v) is 4.79. The Morgan fingerprint density at radius 1 is 0.784 bits per heavy atom. The number of nitrogens with zero attached hydrogens (tertiary/aromatic N) is 1. The molecule has 2 aromatic carbocycles. The number of ether oxygens (including phenoxy) is 3. The minimum atomic E-state index is -5.79. The zero-order valence-corrected chi connectivity index (χ0v) is 18.6. The largest absolute Gasteiger partial charge is 0.573 e. The van der Waals surface area contributed by atoms with Crippen LogP contribution in [-0.2, 0) is 17.6 Å². The van der Waals surface area contributed by atoms with E-state index >= 15 is 0 Å². The van der Waals surface area contributed by atoms with E-state index in [-0.39, 0.29) is 18.6 Å². The van der Waals surface area contributed by atoms with E-state index < -0.39 is 61.9 Å². The van der Waals surface area contributed by atoms with Crippen LogP contribution in [-0.4, -0.2) is 49.7 Å². The molecule has 0 amide bonds. The molecule has 0 bridgehead atoms. The first kappa shape index (κ1) is 30.4. The average molecular weight is 555 g/mol. The van der Waals surface area contributed by atoms with Crippen molar-refractivity contribution >= 4 is 0 Å². The number of rotatable bonds is 12. The van der Waals surface area contributed by atoms with Crippen molar-refractivity contribution in [3.8, 4) is 11.5 Å². The maximum absolute atomic E-state index is 12.7. The van der Waals surface area contributed by atoms with Gasteiger partial charge in [-0.25, -0.2) is 0 Å². The molecule has 0 aliphatic rings. The van der Waals surface area contributed by atoms with Crippen molar-refractivity contribution in [2.24, 2.45) is 0 Å². The lowest BCUT2D eigenvalue weighted by atomic mass is 10.0. The van der Waals surface area contributed by atoms with Crippen molar-refractivity contribution in [1.29, 1.82) is 0 Å². The fraction of sp³-hybridized carbons (Fsp3) is 0.455. The van der Waals surface area contributed by atoms with Crippen LogP contribution < -0.4 is 9.47 Å². The first-order valence-corrected chi connectivity index (χ1v) is 10.4. The number of aryl methyl sites for hydroxylation is 2. The maximum Gasteiger partial charge on any atom is 0.573 e. The molecule has 0 fully saturated rings. The fourth-order valence-corrected chi connectivity index (χ4v) is 3.22. The summed E-state index contributed by atoms with van der Waals surface area (Å²) in [5, 5.41) is 0. The van der Waals surface area contributed by atoms with Crippen LogP contribution in [0.15, 0.2) is 48.5 Å². The van der Waals surface area contributed by atoms with Crippen LogP contribution in [0.25, 0.3) is 0 Å². The van der Waals surface area contributed by atoms with E-state index in [1.165, 1.54) is 24.3 Å². The summed E-state index contributed by atoms with van der Waals surface area (Å²) < 4.78 is 152. The summed E-state index contributed by atoms with van der Waals surface area (Å²) in [6, 6.07) is 11.1. The summed E-state index contributed by atoms with van der Waals surface area (Å²) in [5.41, 5.74) is 0.905. The van der Waals surface area contributed by atoms with Gasteiger partial charge in [-0.2, -0.15) is 35.1 Å². The molecule has 0 spiro atoms. The predicted molar refractivity (Wildman–Crippen MR) is 107 cm³/mol. The molecule has 0 aromatic heterocycles. The van der Waals surface area contributed by atoms with E-state index in [1.54, 1.807) is 12.1 Å². The van der Waals surface area contributed by atoms with Crippen molar-refractivity contribution in [1.82, 2.24) is 4.90 Å². The molecule has 4 nitrogen and oxygen atoms in total. The van der Waals surface area contributed by atoms with Crippen molar-refractivity contribution in [2.45, 2.75) is 50.9 Å². The molecule has 208 valence electrons. The van der Waals surface area contributed by atoms with Gasteiger partial charge in [-0.15, -0.1) is 18.1 Å². The van der Waals surface area contributed by atoms with Gasteiger partial charge in [0.15, 0.2) is 0 Å². The van der Waals surface area contributed by atoms with Gasteiger partial charge < -0.3 is 14.2 Å². The van der Waals surface area contributed by atoms with Crippen LogP contribution in [0.2, 0.25) is 0 Å². The van der Waals surface area contributed by atoms with Crippen molar-refractivity contribution in [3.05, 3.63) is 59.7 Å². The number of hydrogen-bond acceptors (Lipinski definition) is 4. The van der Waals surface area contributed by atoms with E-state index in [1.807, 2.05) is 0 Å². The zero-order valence-electron chi connectivity index (χ0n) is 18.6. The third kappa shape index (κ3) is 11.0. The van der Waals surface area contributed by atoms with E-state index in [0.717, 1.165) is 12.1 Å². The lowest BCUT2D eigenvalue weighted by molar-refractivity contribution is -0.373. The summed E-state index contributed by atoms with van der Waals surface area (Å²) in [6.07, 6.45) is -19.0. The van der Waals surface area contributed by atoms with Gasteiger partial charge in [0.05, 0.1) is 6.10 Å². The smallest absolute Gasteiger partial charge is 0.491 e. The Kier molecular flexibility index (Phi) is 10.4. The fourth-order valence-electron chi connectivity index (χ4n) is 3.22. The summed E-state index contributed by atoms with van der Waals surface area (Å²) in [6.45, 7) is -5.98. The molecule has 0 radical (unpaired) electrons. The van der Waals surface area contributed by atoms with Crippen LogP contribution in [0.3, 0.4) is 0 Å². The highest BCUT2D eigenvalue weighted by molar-refractivity contribution is 5.35. The van der Waals surface area contributed by atoms with E-state index in [4.69, 9.17) is 4.74 Å². The highest BCUT2D eigenvalue weighted by Crippen LogP contribution is 2.34. The van der Waals surface area contributed by atoms with E-state index in [9.17, 15) is 48.3 Å². The minimum absolute atomic E-state index is 0.0801. The van der Waals surface area contributed by atoms with Crippen molar-refractivity contribution in [2.75, 3.05) is 13.2 Å². The summed E-state index contributed by atoms with van der Waals surface area (Å²) in [4.78, 5) is -1.76. The van der Waals surface area contributed by atoms with Gasteiger partial charge in [0, 0.05) is 6.54 Å². The Labute approximate surface area is 203 Å². The van der Waals surface area contributed by atoms with Gasteiger partial charge in [0.2, 0.25) is 0 Å². The summed E-state index contributed by atoms with van der Waals surface area (Å²) >= 11 is 0. The molecule has 0 aliphatic carbocycles. The Balaban J connectivity index is 2.06. The molecule has 1 atom stereocenters. The van der Waals surface area contributed by atoms with Crippen molar-refractivity contribution < 1.29 is 62.5 Å².